The lowest BCUT2D eigenvalue weighted by atomic mass is 10.1. The highest BCUT2D eigenvalue weighted by Crippen LogP contribution is 2.04. The van der Waals surface area contributed by atoms with Crippen molar-refractivity contribution in [2.75, 3.05) is 6.54 Å². The maximum atomic E-state index is 11.6. The van der Waals surface area contributed by atoms with Crippen LogP contribution in [0.1, 0.15) is 11.1 Å². The summed E-state index contributed by atoms with van der Waals surface area (Å²) in [5.41, 5.74) is 6.93. The van der Waals surface area contributed by atoms with Crippen molar-refractivity contribution in [2.24, 2.45) is 5.73 Å². The maximum absolute atomic E-state index is 11.6. The van der Waals surface area contributed by atoms with E-state index in [1.807, 2.05) is 24.3 Å². The molecule has 4 N–H and O–H groups in total. The molecule has 22 heavy (non-hydrogen) atoms. The van der Waals surface area contributed by atoms with Crippen LogP contribution in [0.15, 0.2) is 36.9 Å². The van der Waals surface area contributed by atoms with Crippen molar-refractivity contribution in [1.29, 1.82) is 0 Å². The molecule has 1 aromatic carbocycles. The Morgan fingerprint density at radius 2 is 1.86 bits per heavy atom. The monoisotopic (exact) mass is 302 g/mol. The standard InChI is InChI=1S/C14H18N6O2/c15-13(21)7-11-1-3-12(4-2-11)8-18-14(22)17-5-6-20-10-16-9-19-20/h1-4,9-10H,5-8H2,(H2,15,21)(H2,17,18,22). The van der Waals surface area contributed by atoms with Crippen LogP contribution < -0.4 is 16.4 Å². The van der Waals surface area contributed by atoms with Gasteiger partial charge in [-0.2, -0.15) is 5.10 Å². The highest BCUT2D eigenvalue weighted by Gasteiger charge is 2.02. The summed E-state index contributed by atoms with van der Waals surface area (Å²) in [6.45, 7) is 1.44. The van der Waals surface area contributed by atoms with Gasteiger partial charge in [0.05, 0.1) is 13.0 Å². The van der Waals surface area contributed by atoms with Gasteiger partial charge in [-0.1, -0.05) is 24.3 Å². The summed E-state index contributed by atoms with van der Waals surface area (Å²) in [6, 6.07) is 7.11. The topological polar surface area (TPSA) is 115 Å². The maximum Gasteiger partial charge on any atom is 0.315 e. The Hall–Kier alpha value is -2.90. The molecule has 2 rings (SSSR count). The Balaban J connectivity index is 1.68. The molecule has 8 nitrogen and oxygen atoms in total. The zero-order valence-electron chi connectivity index (χ0n) is 12.0. The molecule has 3 amide bonds. The summed E-state index contributed by atoms with van der Waals surface area (Å²) in [7, 11) is 0. The van der Waals surface area contributed by atoms with E-state index >= 15 is 0 Å². The molecule has 0 saturated heterocycles. The molecule has 0 spiro atoms. The van der Waals surface area contributed by atoms with E-state index in [1.54, 1.807) is 11.0 Å². The van der Waals surface area contributed by atoms with Gasteiger partial charge in [0.2, 0.25) is 5.91 Å². The molecule has 116 valence electrons. The molecular weight excluding hydrogens is 284 g/mol. The molecular formula is C14H18N6O2. The quantitative estimate of drug-likeness (QED) is 0.657. The number of nitrogens with zero attached hydrogens (tertiary/aromatic N) is 3. The molecule has 0 radical (unpaired) electrons. The van der Waals surface area contributed by atoms with Gasteiger partial charge >= 0.3 is 6.03 Å². The predicted octanol–water partition coefficient (Wildman–Crippen LogP) is -0.195. The Kier molecular flexibility index (Phi) is 5.47. The molecule has 0 bridgehead atoms. The number of hydrogen-bond donors (Lipinski definition) is 3. The molecule has 0 aliphatic rings. The van der Waals surface area contributed by atoms with Crippen LogP contribution in [-0.4, -0.2) is 33.2 Å². The van der Waals surface area contributed by atoms with E-state index in [1.165, 1.54) is 6.33 Å². The SMILES string of the molecule is NC(=O)Cc1ccc(CNC(=O)NCCn2cncn2)cc1. The summed E-state index contributed by atoms with van der Waals surface area (Å²) in [5, 5.41) is 9.42. The summed E-state index contributed by atoms with van der Waals surface area (Å²) < 4.78 is 1.64. The molecule has 0 saturated carbocycles. The fourth-order valence-electron chi connectivity index (χ4n) is 1.85. The van der Waals surface area contributed by atoms with Gasteiger partial charge in [-0.15, -0.1) is 0 Å². The van der Waals surface area contributed by atoms with E-state index in [-0.39, 0.29) is 18.4 Å². The van der Waals surface area contributed by atoms with Crippen LogP contribution in [-0.2, 0) is 24.3 Å². The molecule has 0 aliphatic heterocycles. The third-order valence-electron chi connectivity index (χ3n) is 2.95. The van der Waals surface area contributed by atoms with Crippen molar-refractivity contribution >= 4 is 11.9 Å². The number of carbonyl (C=O) groups is 2. The first-order valence-electron chi connectivity index (χ1n) is 6.84. The van der Waals surface area contributed by atoms with Crippen LogP contribution in [0.2, 0.25) is 0 Å². The van der Waals surface area contributed by atoms with Gasteiger partial charge in [0, 0.05) is 13.1 Å². The normalized spacial score (nSPS) is 10.2. The molecule has 0 unspecified atom stereocenters. The van der Waals surface area contributed by atoms with Gasteiger partial charge in [-0.25, -0.2) is 9.78 Å². The highest BCUT2D eigenvalue weighted by molar-refractivity contribution is 5.76. The summed E-state index contributed by atoms with van der Waals surface area (Å²) in [5.74, 6) is -0.363. The van der Waals surface area contributed by atoms with E-state index in [2.05, 4.69) is 20.7 Å². The van der Waals surface area contributed by atoms with Gasteiger partial charge in [-0.05, 0) is 11.1 Å². The van der Waals surface area contributed by atoms with Crippen molar-refractivity contribution in [2.45, 2.75) is 19.5 Å². The largest absolute Gasteiger partial charge is 0.369 e. The smallest absolute Gasteiger partial charge is 0.315 e. The number of hydrogen-bond acceptors (Lipinski definition) is 4. The number of nitrogens with two attached hydrogens (primary N) is 1. The Morgan fingerprint density at radius 1 is 1.14 bits per heavy atom. The summed E-state index contributed by atoms with van der Waals surface area (Å²) in [4.78, 5) is 26.2. The molecule has 1 aromatic heterocycles. The molecule has 8 heteroatoms. The third-order valence-corrected chi connectivity index (χ3v) is 2.95. The minimum Gasteiger partial charge on any atom is -0.369 e. The van der Waals surface area contributed by atoms with E-state index in [0.29, 0.717) is 19.6 Å². The number of carbonyl (C=O) groups excluding carboxylic acids is 2. The Bertz CT molecular complexity index is 609. The highest BCUT2D eigenvalue weighted by atomic mass is 16.2. The second-order valence-electron chi connectivity index (χ2n) is 4.73. The van der Waals surface area contributed by atoms with Crippen molar-refractivity contribution in [3.63, 3.8) is 0 Å². The van der Waals surface area contributed by atoms with E-state index in [4.69, 9.17) is 5.73 Å². The predicted molar refractivity (Wildman–Crippen MR) is 79.6 cm³/mol. The van der Waals surface area contributed by atoms with Gasteiger partial charge in [0.1, 0.15) is 12.7 Å². The minimum absolute atomic E-state index is 0.219. The van der Waals surface area contributed by atoms with E-state index in [9.17, 15) is 9.59 Å². The minimum atomic E-state index is -0.363. The lowest BCUT2D eigenvalue weighted by molar-refractivity contribution is -0.117. The lowest BCUT2D eigenvalue weighted by Crippen LogP contribution is -2.36. The Labute approximate surface area is 127 Å². The first kappa shape index (κ1) is 15.5. The van der Waals surface area contributed by atoms with Crippen molar-refractivity contribution < 1.29 is 9.59 Å². The van der Waals surface area contributed by atoms with Crippen LogP contribution in [0.3, 0.4) is 0 Å². The van der Waals surface area contributed by atoms with Gasteiger partial charge in [-0.3, -0.25) is 9.48 Å². The summed E-state index contributed by atoms with van der Waals surface area (Å²) >= 11 is 0. The fraction of sp³-hybridized carbons (Fsp3) is 0.286. The average molecular weight is 302 g/mol. The number of rotatable bonds is 7. The van der Waals surface area contributed by atoms with Gasteiger partial charge in [0.15, 0.2) is 0 Å². The molecule has 0 atom stereocenters. The second kappa shape index (κ2) is 7.77. The summed E-state index contributed by atoms with van der Waals surface area (Å²) in [6.07, 6.45) is 3.26. The van der Waals surface area contributed by atoms with E-state index in [0.717, 1.165) is 11.1 Å². The van der Waals surface area contributed by atoms with Crippen LogP contribution >= 0.6 is 0 Å². The lowest BCUT2D eigenvalue weighted by Gasteiger charge is -2.08. The average Bonchev–Trinajstić information content (AvgIpc) is 2.99. The molecule has 1 heterocycles. The number of urea groups is 1. The van der Waals surface area contributed by atoms with Crippen LogP contribution in [0.4, 0.5) is 4.79 Å². The number of benzene rings is 1. The fourth-order valence-corrected chi connectivity index (χ4v) is 1.85. The van der Waals surface area contributed by atoms with Crippen LogP contribution in [0, 0.1) is 0 Å². The number of primary amides is 1. The van der Waals surface area contributed by atoms with E-state index < -0.39 is 0 Å². The van der Waals surface area contributed by atoms with Crippen molar-refractivity contribution in [3.05, 3.63) is 48.0 Å². The Morgan fingerprint density at radius 3 is 2.50 bits per heavy atom. The zero-order chi connectivity index (χ0) is 15.8. The van der Waals surface area contributed by atoms with Crippen LogP contribution in [0.25, 0.3) is 0 Å². The molecule has 0 fully saturated rings. The van der Waals surface area contributed by atoms with Crippen molar-refractivity contribution in [1.82, 2.24) is 25.4 Å². The van der Waals surface area contributed by atoms with Crippen LogP contribution in [0.5, 0.6) is 0 Å². The van der Waals surface area contributed by atoms with Gasteiger partial charge < -0.3 is 16.4 Å². The molecule has 2 aromatic rings. The third kappa shape index (κ3) is 5.23. The zero-order valence-corrected chi connectivity index (χ0v) is 12.0. The number of amides is 3. The van der Waals surface area contributed by atoms with Gasteiger partial charge in [0.25, 0.3) is 0 Å². The number of nitrogens with one attached hydrogen (secondary N) is 2. The first-order valence-corrected chi connectivity index (χ1v) is 6.84. The molecule has 0 aliphatic carbocycles. The second-order valence-corrected chi connectivity index (χ2v) is 4.73. The first-order chi connectivity index (χ1) is 10.6. The number of aromatic nitrogens is 3. The van der Waals surface area contributed by atoms with Crippen molar-refractivity contribution in [3.8, 4) is 0 Å².